The van der Waals surface area contributed by atoms with Gasteiger partial charge in [-0.05, 0) is 31.5 Å². The lowest BCUT2D eigenvalue weighted by molar-refractivity contribution is 0.322. The Morgan fingerprint density at radius 1 is 1.17 bits per heavy atom. The van der Waals surface area contributed by atoms with Gasteiger partial charge in [-0.15, -0.1) is 22.6 Å². The van der Waals surface area contributed by atoms with Gasteiger partial charge in [-0.25, -0.2) is 0 Å². The fourth-order valence-electron chi connectivity index (χ4n) is 2.84. The van der Waals surface area contributed by atoms with Crippen molar-refractivity contribution in [3.05, 3.63) is 41.7 Å². The van der Waals surface area contributed by atoms with Gasteiger partial charge in [-0.1, -0.05) is 42.1 Å². The molecule has 1 saturated heterocycles. The number of aliphatic hydroxyl groups excluding tert-OH is 1. The van der Waals surface area contributed by atoms with Crippen molar-refractivity contribution < 1.29 is 5.11 Å². The Morgan fingerprint density at radius 3 is 2.61 bits per heavy atom. The molecule has 0 radical (unpaired) electrons. The number of halogens is 1. The highest BCUT2D eigenvalue weighted by Crippen LogP contribution is 2.28. The van der Waals surface area contributed by atoms with E-state index in [9.17, 15) is 0 Å². The molecule has 7 heteroatoms. The minimum absolute atomic E-state index is 0. The van der Waals surface area contributed by atoms with Gasteiger partial charge in [0, 0.05) is 11.7 Å². The summed E-state index contributed by atoms with van der Waals surface area (Å²) in [5, 5.41) is 22.2. The predicted octanol–water partition coefficient (Wildman–Crippen LogP) is 2.30. The van der Waals surface area contributed by atoms with Crippen LogP contribution in [-0.2, 0) is 6.54 Å². The van der Waals surface area contributed by atoms with Crippen molar-refractivity contribution in [2.75, 3.05) is 25.4 Å². The van der Waals surface area contributed by atoms with E-state index in [0.29, 0.717) is 11.7 Å². The molecule has 1 aromatic carbocycles. The number of aliphatic hydroxyl groups is 1. The number of hydrogen-bond acceptors (Lipinski definition) is 5. The SMILES string of the molecule is Cl.OCCSc1nnc(C2CCNCC2)n1Cc1ccccc1. The summed E-state index contributed by atoms with van der Waals surface area (Å²) in [4.78, 5) is 0. The van der Waals surface area contributed by atoms with E-state index < -0.39 is 0 Å². The second-order valence-corrected chi connectivity index (χ2v) is 6.57. The van der Waals surface area contributed by atoms with Gasteiger partial charge in [0.1, 0.15) is 5.82 Å². The zero-order chi connectivity index (χ0) is 15.2. The van der Waals surface area contributed by atoms with Gasteiger partial charge in [-0.3, -0.25) is 0 Å². The topological polar surface area (TPSA) is 63.0 Å². The molecular formula is C16H23ClN4OS. The number of benzene rings is 1. The second kappa shape index (κ2) is 9.27. The molecule has 0 saturated carbocycles. The second-order valence-electron chi connectivity index (χ2n) is 5.51. The summed E-state index contributed by atoms with van der Waals surface area (Å²) < 4.78 is 2.23. The molecule has 0 aliphatic carbocycles. The minimum atomic E-state index is 0. The van der Waals surface area contributed by atoms with E-state index in [4.69, 9.17) is 5.11 Å². The fourth-order valence-corrected chi connectivity index (χ4v) is 3.53. The third kappa shape index (κ3) is 4.70. The molecule has 1 aromatic heterocycles. The Hall–Kier alpha value is -1.08. The number of thioether (sulfide) groups is 1. The zero-order valence-corrected chi connectivity index (χ0v) is 14.7. The largest absolute Gasteiger partial charge is 0.396 e. The van der Waals surface area contributed by atoms with Gasteiger partial charge < -0.3 is 15.0 Å². The third-order valence-electron chi connectivity index (χ3n) is 3.96. The van der Waals surface area contributed by atoms with Crippen LogP contribution in [0, 0.1) is 0 Å². The third-order valence-corrected chi connectivity index (χ3v) is 4.90. The van der Waals surface area contributed by atoms with Crippen LogP contribution in [0.1, 0.15) is 30.1 Å². The standard InChI is InChI=1S/C16H22N4OS.ClH/c21-10-11-22-16-19-18-15(14-6-8-17-9-7-14)20(16)12-13-4-2-1-3-5-13;/h1-5,14,17,21H,6-12H2;1H. The van der Waals surface area contributed by atoms with Crippen LogP contribution in [0.25, 0.3) is 0 Å². The first kappa shape index (κ1) is 18.3. The Labute approximate surface area is 147 Å². The molecule has 126 valence electrons. The monoisotopic (exact) mass is 354 g/mol. The minimum Gasteiger partial charge on any atom is -0.396 e. The average molecular weight is 355 g/mol. The predicted molar refractivity (Wildman–Crippen MR) is 95.5 cm³/mol. The number of aromatic nitrogens is 3. The van der Waals surface area contributed by atoms with Gasteiger partial charge in [0.2, 0.25) is 0 Å². The van der Waals surface area contributed by atoms with Crippen LogP contribution >= 0.6 is 24.2 Å². The molecule has 5 nitrogen and oxygen atoms in total. The van der Waals surface area contributed by atoms with Crippen LogP contribution in [-0.4, -0.2) is 45.3 Å². The van der Waals surface area contributed by atoms with E-state index in [1.54, 1.807) is 11.8 Å². The molecule has 0 bridgehead atoms. The molecule has 23 heavy (non-hydrogen) atoms. The smallest absolute Gasteiger partial charge is 0.191 e. The maximum atomic E-state index is 9.08. The molecule has 1 aliphatic heterocycles. The Balaban J connectivity index is 0.00000192. The number of piperidine rings is 1. The van der Waals surface area contributed by atoms with Crippen molar-refractivity contribution >= 4 is 24.2 Å². The molecule has 3 rings (SSSR count). The molecule has 1 aliphatic rings. The van der Waals surface area contributed by atoms with Crippen molar-refractivity contribution in [2.45, 2.75) is 30.5 Å². The number of rotatable bonds is 6. The summed E-state index contributed by atoms with van der Waals surface area (Å²) in [5.74, 6) is 2.21. The summed E-state index contributed by atoms with van der Waals surface area (Å²) >= 11 is 1.57. The molecule has 1 fully saturated rings. The lowest BCUT2D eigenvalue weighted by atomic mass is 9.97. The molecule has 0 amide bonds. The molecule has 0 unspecified atom stereocenters. The van der Waals surface area contributed by atoms with Crippen LogP contribution in [0.3, 0.4) is 0 Å². The van der Waals surface area contributed by atoms with Crippen LogP contribution in [0.4, 0.5) is 0 Å². The maximum absolute atomic E-state index is 9.08. The lowest BCUT2D eigenvalue weighted by Crippen LogP contribution is -2.28. The summed E-state index contributed by atoms with van der Waals surface area (Å²) in [6.07, 6.45) is 2.22. The summed E-state index contributed by atoms with van der Waals surface area (Å²) in [6.45, 7) is 3.04. The summed E-state index contributed by atoms with van der Waals surface area (Å²) in [7, 11) is 0. The molecule has 0 atom stereocenters. The van der Waals surface area contributed by atoms with E-state index in [-0.39, 0.29) is 19.0 Å². The molecular weight excluding hydrogens is 332 g/mol. The van der Waals surface area contributed by atoms with Crippen molar-refractivity contribution in [3.63, 3.8) is 0 Å². The summed E-state index contributed by atoms with van der Waals surface area (Å²) in [5.41, 5.74) is 1.25. The Bertz CT molecular complexity index is 587. The lowest BCUT2D eigenvalue weighted by Gasteiger charge is -2.22. The van der Waals surface area contributed by atoms with E-state index in [1.165, 1.54) is 5.56 Å². The average Bonchev–Trinajstić information content (AvgIpc) is 2.97. The van der Waals surface area contributed by atoms with Crippen molar-refractivity contribution in [1.82, 2.24) is 20.1 Å². The van der Waals surface area contributed by atoms with Crippen LogP contribution in [0.5, 0.6) is 0 Å². The normalized spacial score (nSPS) is 15.3. The fraction of sp³-hybridized carbons (Fsp3) is 0.500. The van der Waals surface area contributed by atoms with Crippen molar-refractivity contribution in [3.8, 4) is 0 Å². The van der Waals surface area contributed by atoms with Crippen LogP contribution in [0.15, 0.2) is 35.5 Å². The number of hydrogen-bond donors (Lipinski definition) is 2. The molecule has 2 heterocycles. The first-order valence-electron chi connectivity index (χ1n) is 7.80. The highest BCUT2D eigenvalue weighted by molar-refractivity contribution is 7.99. The van der Waals surface area contributed by atoms with Gasteiger partial charge >= 0.3 is 0 Å². The Morgan fingerprint density at radius 2 is 1.91 bits per heavy atom. The maximum Gasteiger partial charge on any atom is 0.191 e. The van der Waals surface area contributed by atoms with E-state index in [1.807, 2.05) is 6.07 Å². The van der Waals surface area contributed by atoms with E-state index in [0.717, 1.165) is 43.5 Å². The van der Waals surface area contributed by atoms with Gasteiger partial charge in [0.05, 0.1) is 13.2 Å². The Kier molecular flexibility index (Phi) is 7.36. The van der Waals surface area contributed by atoms with Crippen LogP contribution < -0.4 is 5.32 Å². The number of nitrogens with one attached hydrogen (secondary N) is 1. The van der Waals surface area contributed by atoms with E-state index >= 15 is 0 Å². The zero-order valence-electron chi connectivity index (χ0n) is 13.0. The van der Waals surface area contributed by atoms with Gasteiger partial charge in [0.25, 0.3) is 0 Å². The van der Waals surface area contributed by atoms with Crippen molar-refractivity contribution in [2.24, 2.45) is 0 Å². The molecule has 0 spiro atoms. The van der Waals surface area contributed by atoms with Crippen molar-refractivity contribution in [1.29, 1.82) is 0 Å². The quantitative estimate of drug-likeness (QED) is 0.779. The molecule has 2 aromatic rings. The first-order chi connectivity index (χ1) is 10.9. The van der Waals surface area contributed by atoms with Gasteiger partial charge in [-0.2, -0.15) is 0 Å². The van der Waals surface area contributed by atoms with Crippen LogP contribution in [0.2, 0.25) is 0 Å². The first-order valence-corrected chi connectivity index (χ1v) is 8.78. The van der Waals surface area contributed by atoms with E-state index in [2.05, 4.69) is 44.3 Å². The number of nitrogens with zero attached hydrogens (tertiary/aromatic N) is 3. The molecule has 2 N–H and O–H groups in total. The highest BCUT2D eigenvalue weighted by atomic mass is 35.5. The summed E-state index contributed by atoms with van der Waals surface area (Å²) in [6, 6.07) is 10.4. The van der Waals surface area contributed by atoms with Gasteiger partial charge in [0.15, 0.2) is 5.16 Å². The highest BCUT2D eigenvalue weighted by Gasteiger charge is 2.23.